The molecule has 0 spiro atoms. The predicted octanol–water partition coefficient (Wildman–Crippen LogP) is 4.57. The lowest BCUT2D eigenvalue weighted by atomic mass is 10.1. The molecular formula is C28H30N4O3. The van der Waals surface area contributed by atoms with Gasteiger partial charge in [-0.25, -0.2) is 4.98 Å². The fourth-order valence-electron chi connectivity index (χ4n) is 5.09. The average molecular weight is 471 g/mol. The minimum Gasteiger partial charge on any atom is -0.497 e. The van der Waals surface area contributed by atoms with Crippen LogP contribution in [0.1, 0.15) is 44.7 Å². The lowest BCUT2D eigenvalue weighted by Gasteiger charge is -2.21. The number of aromatic nitrogens is 1. The third-order valence-electron chi connectivity index (χ3n) is 7.10. The molecule has 180 valence electrons. The molecule has 0 radical (unpaired) electrons. The number of hydrogen-bond donors (Lipinski definition) is 2. The van der Waals surface area contributed by atoms with Crippen molar-refractivity contribution in [3.8, 4) is 5.75 Å². The number of nitrogens with zero attached hydrogens (tertiary/aromatic N) is 2. The molecule has 1 aliphatic heterocycles. The number of carbonyl (C=O) groups is 2. The first-order valence-corrected chi connectivity index (χ1v) is 12.0. The second-order valence-electron chi connectivity index (χ2n) is 9.28. The molecule has 2 heterocycles. The summed E-state index contributed by atoms with van der Waals surface area (Å²) in [6, 6.07) is 17.3. The van der Waals surface area contributed by atoms with Gasteiger partial charge in [-0.05, 0) is 79.1 Å². The van der Waals surface area contributed by atoms with Crippen LogP contribution in [0.5, 0.6) is 5.75 Å². The molecule has 1 saturated carbocycles. The highest BCUT2D eigenvalue weighted by molar-refractivity contribution is 6.05. The molecule has 2 atom stereocenters. The summed E-state index contributed by atoms with van der Waals surface area (Å²) in [5.74, 6) is 2.89. The van der Waals surface area contributed by atoms with Gasteiger partial charge in [-0.3, -0.25) is 9.59 Å². The van der Waals surface area contributed by atoms with Crippen LogP contribution in [0.4, 0.5) is 11.5 Å². The van der Waals surface area contributed by atoms with Gasteiger partial charge in [0.05, 0.1) is 12.7 Å². The Kier molecular flexibility index (Phi) is 6.16. The van der Waals surface area contributed by atoms with E-state index in [0.29, 0.717) is 34.6 Å². The number of pyridine rings is 1. The largest absolute Gasteiger partial charge is 0.497 e. The molecule has 3 aromatic rings. The van der Waals surface area contributed by atoms with E-state index >= 15 is 0 Å². The van der Waals surface area contributed by atoms with Crippen LogP contribution in [-0.4, -0.2) is 48.4 Å². The zero-order valence-corrected chi connectivity index (χ0v) is 20.2. The van der Waals surface area contributed by atoms with Crippen LogP contribution in [-0.2, 0) is 0 Å². The number of benzene rings is 2. The van der Waals surface area contributed by atoms with E-state index in [1.54, 1.807) is 31.5 Å². The Balaban J connectivity index is 1.23. The second-order valence-corrected chi connectivity index (χ2v) is 9.28. The number of ether oxygens (including phenoxy) is 1. The predicted molar refractivity (Wildman–Crippen MR) is 136 cm³/mol. The van der Waals surface area contributed by atoms with Crippen molar-refractivity contribution in [3.63, 3.8) is 0 Å². The molecule has 2 unspecified atom stereocenters. The summed E-state index contributed by atoms with van der Waals surface area (Å²) in [7, 11) is 1.67. The number of piperidine rings is 1. The molecule has 35 heavy (non-hydrogen) atoms. The van der Waals surface area contributed by atoms with Crippen LogP contribution in [0, 0.1) is 18.8 Å². The number of anilines is 2. The van der Waals surface area contributed by atoms with E-state index in [1.165, 1.54) is 5.56 Å². The maximum absolute atomic E-state index is 13.2. The van der Waals surface area contributed by atoms with Gasteiger partial charge in [0, 0.05) is 37.1 Å². The summed E-state index contributed by atoms with van der Waals surface area (Å²) < 4.78 is 5.26. The summed E-state index contributed by atoms with van der Waals surface area (Å²) in [4.78, 5) is 32.2. The van der Waals surface area contributed by atoms with E-state index in [1.807, 2.05) is 43.0 Å². The molecule has 2 N–H and O–H groups in total. The lowest BCUT2D eigenvalue weighted by molar-refractivity contribution is 0.0772. The molecule has 7 heteroatoms. The summed E-state index contributed by atoms with van der Waals surface area (Å²) in [6.07, 6.45) is 1.55. The van der Waals surface area contributed by atoms with Crippen molar-refractivity contribution in [2.45, 2.75) is 19.8 Å². The Morgan fingerprint density at radius 1 is 1.03 bits per heavy atom. The third-order valence-corrected chi connectivity index (χ3v) is 7.10. The van der Waals surface area contributed by atoms with Gasteiger partial charge < -0.3 is 20.3 Å². The number of nitrogens with one attached hydrogen (secondary N) is 2. The highest BCUT2D eigenvalue weighted by atomic mass is 16.5. The summed E-state index contributed by atoms with van der Waals surface area (Å²) in [5.41, 5.74) is 3.91. The van der Waals surface area contributed by atoms with E-state index in [2.05, 4.69) is 27.8 Å². The molecule has 2 aliphatic rings. The molecule has 1 aliphatic carbocycles. The maximum Gasteiger partial charge on any atom is 0.257 e. The number of hydrogen-bond acceptors (Lipinski definition) is 5. The van der Waals surface area contributed by atoms with Crippen LogP contribution in [0.15, 0.2) is 60.8 Å². The van der Waals surface area contributed by atoms with Gasteiger partial charge in [0.2, 0.25) is 0 Å². The number of methoxy groups -OCH3 is 1. The standard InChI is InChI=1S/C28H30N4O3/c1-4-29-25-12-9-20(14-30-25)27(33)31-24-13-19(6-5-17(24)2)28(34)32-15-22-23(16-32)26(22)18-7-10-21(35-3)11-8-18/h5-14,22-23,26H,4,15-16H2,1-3H3,(H,29,30)(H,31,33). The molecule has 7 nitrogen and oxygen atoms in total. The SMILES string of the molecule is CCNc1ccc(C(=O)Nc2cc(C(=O)N3CC4C(C3)C4c3ccc(OC)cc3)ccc2C)cn1. The molecule has 2 amide bonds. The Hall–Kier alpha value is -3.87. The first-order chi connectivity index (χ1) is 17.0. The van der Waals surface area contributed by atoms with Crippen molar-refractivity contribution in [2.75, 3.05) is 37.4 Å². The second kappa shape index (κ2) is 9.41. The number of fused-ring (bicyclic) bond motifs is 1. The molecular weight excluding hydrogens is 440 g/mol. The molecule has 1 aromatic heterocycles. The Bertz CT molecular complexity index is 1230. The Morgan fingerprint density at radius 3 is 2.37 bits per heavy atom. The van der Waals surface area contributed by atoms with Crippen LogP contribution in [0.3, 0.4) is 0 Å². The number of likely N-dealkylation sites (tertiary alicyclic amines) is 1. The van der Waals surface area contributed by atoms with Gasteiger partial charge in [0.1, 0.15) is 11.6 Å². The highest BCUT2D eigenvalue weighted by Gasteiger charge is 2.57. The van der Waals surface area contributed by atoms with E-state index in [4.69, 9.17) is 4.74 Å². The molecule has 2 aromatic carbocycles. The minimum absolute atomic E-state index is 0.0119. The fraction of sp³-hybridized carbons (Fsp3) is 0.321. The minimum atomic E-state index is -0.252. The molecule has 1 saturated heterocycles. The van der Waals surface area contributed by atoms with E-state index < -0.39 is 0 Å². The van der Waals surface area contributed by atoms with Gasteiger partial charge >= 0.3 is 0 Å². The number of aryl methyl sites for hydroxylation is 1. The van der Waals surface area contributed by atoms with Gasteiger partial charge in [-0.1, -0.05) is 18.2 Å². The normalized spacial score (nSPS) is 20.2. The van der Waals surface area contributed by atoms with Crippen LogP contribution in [0.2, 0.25) is 0 Å². The summed E-state index contributed by atoms with van der Waals surface area (Å²) >= 11 is 0. The monoisotopic (exact) mass is 470 g/mol. The fourth-order valence-corrected chi connectivity index (χ4v) is 5.09. The zero-order valence-electron chi connectivity index (χ0n) is 20.2. The van der Waals surface area contributed by atoms with Crippen molar-refractivity contribution in [1.82, 2.24) is 9.88 Å². The first kappa shape index (κ1) is 22.9. The zero-order chi connectivity index (χ0) is 24.5. The maximum atomic E-state index is 13.2. The van der Waals surface area contributed by atoms with Gasteiger partial charge in [-0.2, -0.15) is 0 Å². The molecule has 5 rings (SSSR count). The van der Waals surface area contributed by atoms with Crippen molar-refractivity contribution in [3.05, 3.63) is 83.0 Å². The first-order valence-electron chi connectivity index (χ1n) is 12.0. The van der Waals surface area contributed by atoms with E-state index in [0.717, 1.165) is 36.8 Å². The molecule has 2 fully saturated rings. The third kappa shape index (κ3) is 4.58. The van der Waals surface area contributed by atoms with E-state index in [9.17, 15) is 9.59 Å². The van der Waals surface area contributed by atoms with Crippen molar-refractivity contribution < 1.29 is 14.3 Å². The number of rotatable bonds is 7. The van der Waals surface area contributed by atoms with Crippen LogP contribution >= 0.6 is 0 Å². The lowest BCUT2D eigenvalue weighted by Crippen LogP contribution is -2.31. The van der Waals surface area contributed by atoms with Crippen molar-refractivity contribution in [2.24, 2.45) is 11.8 Å². The quantitative estimate of drug-likeness (QED) is 0.529. The van der Waals surface area contributed by atoms with Gasteiger partial charge in [0.15, 0.2) is 0 Å². The average Bonchev–Trinajstić information content (AvgIpc) is 3.38. The van der Waals surface area contributed by atoms with Gasteiger partial charge in [0.25, 0.3) is 11.8 Å². The van der Waals surface area contributed by atoms with Crippen LogP contribution in [0.25, 0.3) is 0 Å². The Labute approximate surface area is 205 Å². The van der Waals surface area contributed by atoms with E-state index in [-0.39, 0.29) is 11.8 Å². The highest BCUT2D eigenvalue weighted by Crippen LogP contribution is 2.58. The topological polar surface area (TPSA) is 83.6 Å². The number of amides is 2. The summed E-state index contributed by atoms with van der Waals surface area (Å²) in [5, 5.41) is 6.05. The molecule has 0 bridgehead atoms. The summed E-state index contributed by atoms with van der Waals surface area (Å²) in [6.45, 7) is 6.20. The number of carbonyl (C=O) groups excluding carboxylic acids is 2. The van der Waals surface area contributed by atoms with Crippen molar-refractivity contribution in [1.29, 1.82) is 0 Å². The smallest absolute Gasteiger partial charge is 0.257 e. The Morgan fingerprint density at radius 2 is 1.74 bits per heavy atom. The van der Waals surface area contributed by atoms with Crippen LogP contribution < -0.4 is 15.4 Å². The van der Waals surface area contributed by atoms with Gasteiger partial charge in [-0.15, -0.1) is 0 Å². The van der Waals surface area contributed by atoms with Crippen molar-refractivity contribution >= 4 is 23.3 Å².